The lowest BCUT2D eigenvalue weighted by Gasteiger charge is -2.06. The van der Waals surface area contributed by atoms with Gasteiger partial charge in [0.2, 0.25) is 5.91 Å². The van der Waals surface area contributed by atoms with Crippen molar-refractivity contribution in [3.63, 3.8) is 0 Å². The van der Waals surface area contributed by atoms with Crippen LogP contribution in [-0.2, 0) is 25.6 Å². The van der Waals surface area contributed by atoms with Gasteiger partial charge in [-0.3, -0.25) is 4.79 Å². The highest BCUT2D eigenvalue weighted by atomic mass is 32.2. The smallest absolute Gasteiger partial charge is 0.312 e. The zero-order chi connectivity index (χ0) is 13.2. The summed E-state index contributed by atoms with van der Waals surface area (Å²) >= 11 is 0. The van der Waals surface area contributed by atoms with E-state index in [-0.39, 0.29) is 17.2 Å². The maximum Gasteiger partial charge on any atom is 0.312 e. The predicted molar refractivity (Wildman–Crippen MR) is 65.3 cm³/mol. The summed E-state index contributed by atoms with van der Waals surface area (Å²) in [5.41, 5.74) is 3.70. The summed E-state index contributed by atoms with van der Waals surface area (Å²) in [7, 11) is -3.82. The average Bonchev–Trinajstić information content (AvgIpc) is 2.68. The van der Waals surface area contributed by atoms with E-state index < -0.39 is 10.1 Å². The lowest BCUT2D eigenvalue weighted by Crippen LogP contribution is -2.21. The predicted octanol–water partition coefficient (Wildman–Crippen LogP) is 0.801. The van der Waals surface area contributed by atoms with Crippen LogP contribution in [0.15, 0.2) is 23.1 Å². The van der Waals surface area contributed by atoms with E-state index in [1.807, 2.05) is 6.92 Å². The summed E-state index contributed by atoms with van der Waals surface area (Å²) in [6, 6.07) is 4.43. The summed E-state index contributed by atoms with van der Waals surface area (Å²) < 4.78 is 28.3. The third-order valence-corrected chi connectivity index (χ3v) is 3.68. The SMILES string of the molecule is CCCNOS(=O)(=O)c1ccc2c(c1)CC(=O)N2. The maximum atomic E-state index is 11.8. The molecule has 7 heteroatoms. The lowest BCUT2D eigenvalue weighted by molar-refractivity contribution is -0.115. The summed E-state index contributed by atoms with van der Waals surface area (Å²) in [6.45, 7) is 2.35. The number of rotatable bonds is 5. The topological polar surface area (TPSA) is 84.5 Å². The van der Waals surface area contributed by atoms with Crippen molar-refractivity contribution in [2.45, 2.75) is 24.7 Å². The number of fused-ring (bicyclic) bond motifs is 1. The standard InChI is InChI=1S/C11H14N2O4S/c1-2-5-12-17-18(15,16)9-3-4-10-8(6-9)7-11(14)13-10/h3-4,6,12H,2,5,7H2,1H3,(H,13,14). The van der Waals surface area contributed by atoms with Gasteiger partial charge in [0, 0.05) is 12.2 Å². The van der Waals surface area contributed by atoms with Crippen molar-refractivity contribution < 1.29 is 17.5 Å². The van der Waals surface area contributed by atoms with E-state index in [0.29, 0.717) is 17.8 Å². The number of carbonyl (C=O) groups excluding carboxylic acids is 1. The van der Waals surface area contributed by atoms with Crippen LogP contribution < -0.4 is 10.8 Å². The van der Waals surface area contributed by atoms with Gasteiger partial charge >= 0.3 is 10.1 Å². The second-order valence-corrected chi connectivity index (χ2v) is 5.52. The number of carbonyl (C=O) groups is 1. The van der Waals surface area contributed by atoms with Crippen molar-refractivity contribution in [2.75, 3.05) is 11.9 Å². The molecular formula is C11H14N2O4S. The first kappa shape index (κ1) is 13.0. The Morgan fingerprint density at radius 1 is 1.44 bits per heavy atom. The molecule has 1 aliphatic heterocycles. The Morgan fingerprint density at radius 2 is 2.22 bits per heavy atom. The number of hydrogen-bond acceptors (Lipinski definition) is 5. The molecule has 1 aromatic rings. The maximum absolute atomic E-state index is 11.8. The largest absolute Gasteiger partial charge is 0.326 e. The summed E-state index contributed by atoms with van der Waals surface area (Å²) in [5.74, 6) is -0.135. The van der Waals surface area contributed by atoms with Crippen molar-refractivity contribution in [1.82, 2.24) is 5.48 Å². The van der Waals surface area contributed by atoms with Crippen LogP contribution in [0.3, 0.4) is 0 Å². The van der Waals surface area contributed by atoms with Gasteiger partial charge in [0.15, 0.2) is 0 Å². The van der Waals surface area contributed by atoms with E-state index in [0.717, 1.165) is 6.42 Å². The first-order chi connectivity index (χ1) is 8.53. The van der Waals surface area contributed by atoms with Gasteiger partial charge in [-0.1, -0.05) is 6.92 Å². The number of amides is 1. The minimum atomic E-state index is -3.82. The fraction of sp³-hybridized carbons (Fsp3) is 0.364. The van der Waals surface area contributed by atoms with Crippen molar-refractivity contribution in [3.8, 4) is 0 Å². The molecule has 18 heavy (non-hydrogen) atoms. The monoisotopic (exact) mass is 270 g/mol. The van der Waals surface area contributed by atoms with E-state index in [9.17, 15) is 13.2 Å². The highest BCUT2D eigenvalue weighted by Crippen LogP contribution is 2.26. The average molecular weight is 270 g/mol. The molecule has 0 atom stereocenters. The fourth-order valence-electron chi connectivity index (χ4n) is 1.63. The van der Waals surface area contributed by atoms with Crippen molar-refractivity contribution >= 4 is 21.7 Å². The van der Waals surface area contributed by atoms with Crippen LogP contribution in [-0.4, -0.2) is 20.9 Å². The molecule has 0 radical (unpaired) electrons. The second kappa shape index (κ2) is 5.05. The third-order valence-electron chi connectivity index (χ3n) is 2.51. The minimum Gasteiger partial charge on any atom is -0.326 e. The lowest BCUT2D eigenvalue weighted by atomic mass is 10.2. The Morgan fingerprint density at radius 3 is 2.94 bits per heavy atom. The molecule has 0 saturated carbocycles. The van der Waals surface area contributed by atoms with Crippen LogP contribution in [0.2, 0.25) is 0 Å². The highest BCUT2D eigenvalue weighted by Gasteiger charge is 2.22. The minimum absolute atomic E-state index is 0.0429. The van der Waals surface area contributed by atoms with E-state index in [1.54, 1.807) is 6.07 Å². The second-order valence-electron chi connectivity index (χ2n) is 3.98. The molecule has 0 aliphatic carbocycles. The summed E-state index contributed by atoms with van der Waals surface area (Å²) in [5, 5.41) is 2.64. The Kier molecular flexibility index (Phi) is 3.65. The first-order valence-corrected chi connectivity index (χ1v) is 7.03. The Balaban J connectivity index is 2.19. The van der Waals surface area contributed by atoms with E-state index in [4.69, 9.17) is 0 Å². The molecular weight excluding hydrogens is 256 g/mol. The van der Waals surface area contributed by atoms with Crippen molar-refractivity contribution in [2.24, 2.45) is 0 Å². The van der Waals surface area contributed by atoms with E-state index in [1.165, 1.54) is 12.1 Å². The van der Waals surface area contributed by atoms with Gasteiger partial charge < -0.3 is 5.32 Å². The van der Waals surface area contributed by atoms with Crippen LogP contribution >= 0.6 is 0 Å². The molecule has 98 valence electrons. The number of nitrogens with one attached hydrogen (secondary N) is 2. The van der Waals surface area contributed by atoms with Gasteiger partial charge in [-0.05, 0) is 30.2 Å². The zero-order valence-corrected chi connectivity index (χ0v) is 10.7. The van der Waals surface area contributed by atoms with Gasteiger partial charge in [0.1, 0.15) is 0 Å². The number of hydroxylamine groups is 1. The van der Waals surface area contributed by atoms with Gasteiger partial charge in [-0.25, -0.2) is 0 Å². The van der Waals surface area contributed by atoms with Gasteiger partial charge in [0.25, 0.3) is 0 Å². The Labute approximate surface area is 105 Å². The molecule has 0 saturated heterocycles. The molecule has 0 unspecified atom stereocenters. The van der Waals surface area contributed by atoms with Gasteiger partial charge in [0.05, 0.1) is 11.3 Å². The molecule has 0 aromatic heterocycles. The van der Waals surface area contributed by atoms with Crippen LogP contribution in [0, 0.1) is 0 Å². The van der Waals surface area contributed by atoms with E-state index >= 15 is 0 Å². The zero-order valence-electron chi connectivity index (χ0n) is 9.89. The third kappa shape index (κ3) is 2.69. The molecule has 1 aliphatic rings. The molecule has 2 N–H and O–H groups in total. The molecule has 1 aromatic carbocycles. The fourth-order valence-corrected chi connectivity index (χ4v) is 2.49. The Bertz CT molecular complexity index is 568. The quantitative estimate of drug-likeness (QED) is 0.610. The van der Waals surface area contributed by atoms with Gasteiger partial charge in [-0.2, -0.15) is 18.2 Å². The molecule has 6 nitrogen and oxygen atoms in total. The molecule has 1 heterocycles. The van der Waals surface area contributed by atoms with Crippen LogP contribution in [0.1, 0.15) is 18.9 Å². The molecule has 0 bridgehead atoms. The van der Waals surface area contributed by atoms with Crippen molar-refractivity contribution in [3.05, 3.63) is 23.8 Å². The molecule has 2 rings (SSSR count). The van der Waals surface area contributed by atoms with Gasteiger partial charge in [-0.15, -0.1) is 0 Å². The van der Waals surface area contributed by atoms with Crippen LogP contribution in [0.5, 0.6) is 0 Å². The van der Waals surface area contributed by atoms with E-state index in [2.05, 4.69) is 15.1 Å². The summed E-state index contributed by atoms with van der Waals surface area (Å²) in [4.78, 5) is 11.2. The molecule has 0 spiro atoms. The highest BCUT2D eigenvalue weighted by molar-refractivity contribution is 7.86. The Hall–Kier alpha value is -1.44. The van der Waals surface area contributed by atoms with Crippen LogP contribution in [0.25, 0.3) is 0 Å². The molecule has 1 amide bonds. The number of hydrogen-bond donors (Lipinski definition) is 2. The first-order valence-electron chi connectivity index (χ1n) is 5.62. The summed E-state index contributed by atoms with van der Waals surface area (Å²) in [6.07, 6.45) is 0.958. The molecule has 0 fully saturated rings. The number of anilines is 1. The normalized spacial score (nSPS) is 14.4. The van der Waals surface area contributed by atoms with Crippen molar-refractivity contribution in [1.29, 1.82) is 0 Å². The number of benzene rings is 1. The van der Waals surface area contributed by atoms with Crippen LogP contribution in [0.4, 0.5) is 5.69 Å².